The monoisotopic (exact) mass is 588 g/mol. The first-order valence-electron chi connectivity index (χ1n) is 14.8. The number of β-amino-alcohol motifs (C(OH)–C–C–N with tert-alkyl or cyclic N) is 1. The first-order valence-corrected chi connectivity index (χ1v) is 15.6. The van der Waals surface area contributed by atoms with Crippen molar-refractivity contribution in [2.45, 2.75) is 118 Å². The van der Waals surface area contributed by atoms with Gasteiger partial charge in [0, 0.05) is 34.6 Å². The van der Waals surface area contributed by atoms with Crippen LogP contribution in [0.5, 0.6) is 6.01 Å². The van der Waals surface area contributed by atoms with Crippen LogP contribution in [0.25, 0.3) is 11.6 Å². The van der Waals surface area contributed by atoms with Crippen molar-refractivity contribution in [1.29, 1.82) is 0 Å². The van der Waals surface area contributed by atoms with Gasteiger partial charge in [-0.15, -0.1) is 0 Å². The SMILES string of the molecule is C/C=C1\C(=NC(C)CC)C(Br)=Cc2nc(OCC(C)(CCCC)CCCCCC)nc(N3CCC(O)C3)c21. The highest BCUT2D eigenvalue weighted by molar-refractivity contribution is 9.12. The maximum Gasteiger partial charge on any atom is 0.318 e. The summed E-state index contributed by atoms with van der Waals surface area (Å²) in [5, 5.41) is 10.3. The molecular weight excluding hydrogens is 540 g/mol. The second kappa shape index (κ2) is 14.6. The maximum atomic E-state index is 10.3. The number of rotatable bonds is 14. The van der Waals surface area contributed by atoms with Gasteiger partial charge in [-0.05, 0) is 61.5 Å². The molecule has 3 atom stereocenters. The number of aromatic nitrogens is 2. The van der Waals surface area contributed by atoms with Crippen molar-refractivity contribution in [3.05, 3.63) is 21.8 Å². The molecule has 0 aromatic carbocycles. The summed E-state index contributed by atoms with van der Waals surface area (Å²) >= 11 is 3.78. The summed E-state index contributed by atoms with van der Waals surface area (Å²) in [5.41, 5.74) is 3.89. The van der Waals surface area contributed by atoms with Gasteiger partial charge in [-0.3, -0.25) is 4.99 Å². The summed E-state index contributed by atoms with van der Waals surface area (Å²) in [5.74, 6) is 0.834. The number of ether oxygens (including phenoxy) is 1. The number of nitrogens with zero attached hydrogens (tertiary/aromatic N) is 4. The van der Waals surface area contributed by atoms with Gasteiger partial charge < -0.3 is 14.7 Å². The molecule has 6 nitrogen and oxygen atoms in total. The highest BCUT2D eigenvalue weighted by Crippen LogP contribution is 2.40. The molecule has 3 rings (SSSR count). The summed E-state index contributed by atoms with van der Waals surface area (Å²) in [6, 6.07) is 0.631. The van der Waals surface area contributed by atoms with Gasteiger partial charge in [0.2, 0.25) is 0 Å². The number of allylic oxidation sites excluding steroid dienone is 3. The third-order valence-corrected chi connectivity index (χ3v) is 8.53. The second-order valence-corrected chi connectivity index (χ2v) is 12.3. The van der Waals surface area contributed by atoms with Crippen LogP contribution in [0.2, 0.25) is 0 Å². The Morgan fingerprint density at radius 1 is 1.18 bits per heavy atom. The predicted octanol–water partition coefficient (Wildman–Crippen LogP) is 7.99. The molecular formula is C31H49BrN4O2. The third-order valence-electron chi connectivity index (χ3n) is 7.92. The normalized spacial score (nSPS) is 21.9. The van der Waals surface area contributed by atoms with Crippen molar-refractivity contribution >= 4 is 39.1 Å². The molecule has 0 spiro atoms. The molecule has 1 aromatic rings. The zero-order chi connectivity index (χ0) is 27.7. The van der Waals surface area contributed by atoms with Crippen LogP contribution in [0.1, 0.15) is 117 Å². The Bertz CT molecular complexity index is 1020. The fourth-order valence-corrected chi connectivity index (χ4v) is 5.82. The summed E-state index contributed by atoms with van der Waals surface area (Å²) < 4.78 is 7.36. The molecule has 1 fully saturated rings. The lowest BCUT2D eigenvalue weighted by Gasteiger charge is -2.30. The molecule has 1 aromatic heterocycles. The number of unbranched alkanes of at least 4 members (excludes halogenated alkanes) is 4. The lowest BCUT2D eigenvalue weighted by atomic mass is 9.81. The van der Waals surface area contributed by atoms with Crippen molar-refractivity contribution in [1.82, 2.24) is 9.97 Å². The van der Waals surface area contributed by atoms with Gasteiger partial charge in [-0.2, -0.15) is 9.97 Å². The van der Waals surface area contributed by atoms with Gasteiger partial charge in [-0.1, -0.05) is 72.3 Å². The van der Waals surface area contributed by atoms with E-state index in [0.717, 1.165) is 65.1 Å². The molecule has 2 aliphatic rings. The quantitative estimate of drug-likeness (QED) is 0.223. The van der Waals surface area contributed by atoms with E-state index < -0.39 is 0 Å². The molecule has 212 valence electrons. The Labute approximate surface area is 239 Å². The Morgan fingerprint density at radius 2 is 1.92 bits per heavy atom. The molecule has 0 amide bonds. The van der Waals surface area contributed by atoms with Crippen LogP contribution in [0.15, 0.2) is 15.6 Å². The number of fused-ring (bicyclic) bond motifs is 1. The Hall–Kier alpha value is -1.73. The summed E-state index contributed by atoms with van der Waals surface area (Å²) in [7, 11) is 0. The molecule has 3 unspecified atom stereocenters. The number of hydrogen-bond acceptors (Lipinski definition) is 6. The number of aliphatic imine (C=N–C) groups is 1. The van der Waals surface area contributed by atoms with E-state index in [0.29, 0.717) is 19.2 Å². The van der Waals surface area contributed by atoms with Gasteiger partial charge in [0.05, 0.1) is 29.7 Å². The molecule has 1 aliphatic heterocycles. The van der Waals surface area contributed by atoms with Crippen LogP contribution >= 0.6 is 15.9 Å². The largest absolute Gasteiger partial charge is 0.463 e. The Kier molecular flexibility index (Phi) is 11.8. The van der Waals surface area contributed by atoms with E-state index in [1.165, 1.54) is 38.5 Å². The highest BCUT2D eigenvalue weighted by Gasteiger charge is 2.32. The van der Waals surface area contributed by atoms with Gasteiger partial charge in [-0.25, -0.2) is 0 Å². The second-order valence-electron chi connectivity index (χ2n) is 11.4. The van der Waals surface area contributed by atoms with E-state index in [1.807, 2.05) is 6.92 Å². The van der Waals surface area contributed by atoms with Crippen LogP contribution in [-0.4, -0.2) is 52.6 Å². The van der Waals surface area contributed by atoms with E-state index in [9.17, 15) is 5.11 Å². The van der Waals surface area contributed by atoms with Gasteiger partial charge in [0.15, 0.2) is 0 Å². The molecule has 0 bridgehead atoms. The van der Waals surface area contributed by atoms with Crippen molar-refractivity contribution in [3.63, 3.8) is 0 Å². The zero-order valence-corrected chi connectivity index (χ0v) is 26.1. The predicted molar refractivity (Wildman–Crippen MR) is 164 cm³/mol. The number of hydrogen-bond donors (Lipinski definition) is 1. The number of aliphatic hydroxyl groups is 1. The molecule has 7 heteroatoms. The minimum absolute atomic E-state index is 0.105. The minimum atomic E-state index is -0.349. The molecule has 0 radical (unpaired) electrons. The molecule has 0 saturated carbocycles. The van der Waals surface area contributed by atoms with Crippen LogP contribution < -0.4 is 9.64 Å². The van der Waals surface area contributed by atoms with E-state index in [2.05, 4.69) is 67.6 Å². The fourth-order valence-electron chi connectivity index (χ4n) is 5.29. The highest BCUT2D eigenvalue weighted by atomic mass is 79.9. The van der Waals surface area contributed by atoms with Crippen LogP contribution in [0.4, 0.5) is 5.82 Å². The summed E-state index contributed by atoms with van der Waals surface area (Å²) in [6.45, 7) is 15.1. The molecule has 1 saturated heterocycles. The van der Waals surface area contributed by atoms with Gasteiger partial charge >= 0.3 is 6.01 Å². The van der Waals surface area contributed by atoms with Crippen LogP contribution in [-0.2, 0) is 0 Å². The number of anilines is 1. The number of halogens is 1. The van der Waals surface area contributed by atoms with Crippen LogP contribution in [0, 0.1) is 5.41 Å². The molecule has 38 heavy (non-hydrogen) atoms. The van der Waals surface area contributed by atoms with E-state index >= 15 is 0 Å². The summed E-state index contributed by atoms with van der Waals surface area (Å²) in [6.07, 6.45) is 15.3. The average molecular weight is 590 g/mol. The lowest BCUT2D eigenvalue weighted by Crippen LogP contribution is -2.28. The molecule has 1 N–H and O–H groups in total. The van der Waals surface area contributed by atoms with Gasteiger partial charge in [0.25, 0.3) is 0 Å². The lowest BCUT2D eigenvalue weighted by molar-refractivity contribution is 0.125. The molecule has 1 aliphatic carbocycles. The first-order chi connectivity index (χ1) is 18.2. The number of aliphatic hydroxyl groups excluding tert-OH is 1. The summed E-state index contributed by atoms with van der Waals surface area (Å²) in [4.78, 5) is 17.1. The van der Waals surface area contributed by atoms with Crippen molar-refractivity contribution in [2.75, 3.05) is 24.6 Å². The van der Waals surface area contributed by atoms with Crippen LogP contribution in [0.3, 0.4) is 0 Å². The van der Waals surface area contributed by atoms with Crippen molar-refractivity contribution < 1.29 is 9.84 Å². The van der Waals surface area contributed by atoms with Gasteiger partial charge in [0.1, 0.15) is 5.82 Å². The standard InChI is InChI=1S/C31H49BrN4O2/c1-7-11-13-14-17-31(6,16-12-8-2)21-38-30-34-26-19-25(32)28(33-22(5)9-3)24(10-4)27(26)29(35-30)36-18-15-23(37)20-36/h10,19,22-23,37H,7-9,11-18,20-21H2,1-6H3/b24-10-,33-28?. The topological polar surface area (TPSA) is 70.8 Å². The molecule has 2 heterocycles. The van der Waals surface area contributed by atoms with Crippen molar-refractivity contribution in [3.8, 4) is 6.01 Å². The Morgan fingerprint density at radius 3 is 2.55 bits per heavy atom. The van der Waals surface area contributed by atoms with Crippen molar-refractivity contribution in [2.24, 2.45) is 10.4 Å². The first kappa shape index (κ1) is 30.8. The fraction of sp³-hybridized carbons (Fsp3) is 0.710. The average Bonchev–Trinajstić information content (AvgIpc) is 3.35. The smallest absolute Gasteiger partial charge is 0.318 e. The van der Waals surface area contributed by atoms with E-state index in [1.54, 1.807) is 0 Å². The third kappa shape index (κ3) is 7.91. The zero-order valence-electron chi connectivity index (χ0n) is 24.5. The maximum absolute atomic E-state index is 10.3. The minimum Gasteiger partial charge on any atom is -0.463 e. The Balaban J connectivity index is 1.97. The van der Waals surface area contributed by atoms with E-state index in [-0.39, 0.29) is 17.6 Å². The van der Waals surface area contributed by atoms with E-state index in [4.69, 9.17) is 19.7 Å².